The molecule has 0 radical (unpaired) electrons. The SMILES string of the molecule is COC(=O)C1=C(Nc2ccc(NC(=O)c3cccc(Cl)c3)cc2)C(=O)N(CCO)C1. The van der Waals surface area contributed by atoms with Crippen molar-refractivity contribution in [2.75, 3.05) is 37.4 Å². The lowest BCUT2D eigenvalue weighted by Gasteiger charge is -2.15. The van der Waals surface area contributed by atoms with Crippen LogP contribution in [0.15, 0.2) is 59.8 Å². The Morgan fingerprint density at radius 2 is 1.87 bits per heavy atom. The van der Waals surface area contributed by atoms with E-state index in [-0.39, 0.29) is 36.9 Å². The second-order valence-electron chi connectivity index (χ2n) is 6.46. The number of ether oxygens (including phenoxy) is 1. The predicted octanol–water partition coefficient (Wildman–Crippen LogP) is 2.27. The molecule has 0 spiro atoms. The highest BCUT2D eigenvalue weighted by Crippen LogP contribution is 2.24. The third kappa shape index (κ3) is 4.79. The molecule has 2 amide bonds. The van der Waals surface area contributed by atoms with Gasteiger partial charge in [-0.15, -0.1) is 0 Å². The number of carbonyl (C=O) groups is 3. The third-order valence-electron chi connectivity index (χ3n) is 4.45. The Kier molecular flexibility index (Phi) is 6.71. The Morgan fingerprint density at radius 3 is 2.50 bits per heavy atom. The number of hydrogen-bond donors (Lipinski definition) is 3. The number of esters is 1. The number of hydrogen-bond acceptors (Lipinski definition) is 6. The fourth-order valence-electron chi connectivity index (χ4n) is 2.96. The predicted molar refractivity (Wildman–Crippen MR) is 112 cm³/mol. The molecule has 3 N–H and O–H groups in total. The average molecular weight is 430 g/mol. The molecule has 0 unspecified atom stereocenters. The van der Waals surface area contributed by atoms with Gasteiger partial charge in [0.1, 0.15) is 5.70 Å². The van der Waals surface area contributed by atoms with Crippen molar-refractivity contribution in [2.24, 2.45) is 0 Å². The summed E-state index contributed by atoms with van der Waals surface area (Å²) < 4.78 is 4.76. The lowest BCUT2D eigenvalue weighted by atomic mass is 10.2. The topological polar surface area (TPSA) is 108 Å². The number of nitrogens with one attached hydrogen (secondary N) is 2. The maximum absolute atomic E-state index is 12.5. The Bertz CT molecular complexity index is 1000. The van der Waals surface area contributed by atoms with Gasteiger partial charge in [-0.3, -0.25) is 9.59 Å². The number of methoxy groups -OCH3 is 1. The lowest BCUT2D eigenvalue weighted by molar-refractivity contribution is -0.136. The first kappa shape index (κ1) is 21.4. The Labute approximate surface area is 178 Å². The zero-order valence-electron chi connectivity index (χ0n) is 16.1. The molecule has 0 saturated heterocycles. The molecule has 0 saturated carbocycles. The van der Waals surface area contributed by atoms with Gasteiger partial charge in [-0.25, -0.2) is 4.79 Å². The molecule has 0 bridgehead atoms. The second kappa shape index (κ2) is 9.43. The number of carbonyl (C=O) groups excluding carboxylic acids is 3. The molecule has 0 aliphatic carbocycles. The van der Waals surface area contributed by atoms with E-state index in [0.29, 0.717) is 22.0 Å². The van der Waals surface area contributed by atoms with Crippen LogP contribution in [0.25, 0.3) is 0 Å². The van der Waals surface area contributed by atoms with Crippen molar-refractivity contribution in [1.82, 2.24) is 4.90 Å². The van der Waals surface area contributed by atoms with Gasteiger partial charge in [0.15, 0.2) is 0 Å². The third-order valence-corrected chi connectivity index (χ3v) is 4.69. The molecule has 9 heteroatoms. The van der Waals surface area contributed by atoms with Crippen LogP contribution in [0.1, 0.15) is 10.4 Å². The molecule has 0 atom stereocenters. The number of nitrogens with zero attached hydrogens (tertiary/aromatic N) is 1. The highest BCUT2D eigenvalue weighted by molar-refractivity contribution is 6.31. The summed E-state index contributed by atoms with van der Waals surface area (Å²) in [6, 6.07) is 13.2. The van der Waals surface area contributed by atoms with E-state index < -0.39 is 11.9 Å². The van der Waals surface area contributed by atoms with Crippen LogP contribution in [-0.2, 0) is 14.3 Å². The van der Waals surface area contributed by atoms with Crippen LogP contribution in [0.3, 0.4) is 0 Å². The van der Waals surface area contributed by atoms with Crippen LogP contribution in [0.2, 0.25) is 5.02 Å². The maximum atomic E-state index is 12.5. The zero-order chi connectivity index (χ0) is 21.7. The van der Waals surface area contributed by atoms with Gasteiger partial charge in [-0.2, -0.15) is 0 Å². The van der Waals surface area contributed by atoms with E-state index >= 15 is 0 Å². The molecule has 2 aromatic carbocycles. The number of anilines is 2. The van der Waals surface area contributed by atoms with Crippen LogP contribution in [0, 0.1) is 0 Å². The number of aliphatic hydroxyl groups is 1. The number of benzene rings is 2. The summed E-state index contributed by atoms with van der Waals surface area (Å²) >= 11 is 5.91. The Hall–Kier alpha value is -3.36. The van der Waals surface area contributed by atoms with Crippen molar-refractivity contribution in [3.63, 3.8) is 0 Å². The lowest BCUT2D eigenvalue weighted by Crippen LogP contribution is -2.31. The van der Waals surface area contributed by atoms with E-state index in [1.807, 2.05) is 0 Å². The van der Waals surface area contributed by atoms with Crippen molar-refractivity contribution in [2.45, 2.75) is 0 Å². The van der Waals surface area contributed by atoms with Crippen LogP contribution in [0.4, 0.5) is 11.4 Å². The molecule has 1 heterocycles. The van der Waals surface area contributed by atoms with Gasteiger partial charge in [-0.05, 0) is 42.5 Å². The fourth-order valence-corrected chi connectivity index (χ4v) is 3.15. The number of halogens is 1. The molecule has 1 aliphatic heterocycles. The van der Waals surface area contributed by atoms with Gasteiger partial charge in [0.2, 0.25) is 0 Å². The first-order valence-corrected chi connectivity index (χ1v) is 9.46. The van der Waals surface area contributed by atoms with Crippen molar-refractivity contribution < 1.29 is 24.2 Å². The van der Waals surface area contributed by atoms with Gasteiger partial charge in [0.25, 0.3) is 11.8 Å². The molecule has 0 fully saturated rings. The van der Waals surface area contributed by atoms with Crippen LogP contribution >= 0.6 is 11.6 Å². The number of aliphatic hydroxyl groups excluding tert-OH is 1. The molecule has 8 nitrogen and oxygen atoms in total. The minimum Gasteiger partial charge on any atom is -0.466 e. The van der Waals surface area contributed by atoms with E-state index in [4.69, 9.17) is 21.4 Å². The van der Waals surface area contributed by atoms with E-state index in [2.05, 4.69) is 10.6 Å². The van der Waals surface area contributed by atoms with E-state index in [1.54, 1.807) is 48.5 Å². The molecule has 30 heavy (non-hydrogen) atoms. The van der Waals surface area contributed by atoms with Crippen molar-refractivity contribution in [3.05, 3.63) is 70.4 Å². The summed E-state index contributed by atoms with van der Waals surface area (Å²) in [4.78, 5) is 38.2. The molecule has 1 aliphatic rings. The summed E-state index contributed by atoms with van der Waals surface area (Å²) in [5.41, 5.74) is 1.82. The minimum atomic E-state index is -0.614. The van der Waals surface area contributed by atoms with Crippen molar-refractivity contribution >= 4 is 40.8 Å². The largest absolute Gasteiger partial charge is 0.466 e. The van der Waals surface area contributed by atoms with Gasteiger partial charge in [0.05, 0.1) is 25.8 Å². The normalized spacial score (nSPS) is 13.4. The van der Waals surface area contributed by atoms with Crippen LogP contribution in [-0.4, -0.2) is 54.6 Å². The Balaban J connectivity index is 1.73. The summed E-state index contributed by atoms with van der Waals surface area (Å²) in [7, 11) is 1.24. The second-order valence-corrected chi connectivity index (χ2v) is 6.90. The van der Waals surface area contributed by atoms with E-state index in [0.717, 1.165) is 0 Å². The maximum Gasteiger partial charge on any atom is 0.337 e. The highest BCUT2D eigenvalue weighted by Gasteiger charge is 2.34. The van der Waals surface area contributed by atoms with Gasteiger partial charge in [-0.1, -0.05) is 17.7 Å². The van der Waals surface area contributed by atoms with E-state index in [9.17, 15) is 14.4 Å². The standard InChI is InChI=1S/C21H20ClN3O5/c1-30-21(29)17-12-25(9-10-26)20(28)18(17)23-15-5-7-16(8-6-15)24-19(27)13-3-2-4-14(22)11-13/h2-8,11,23,26H,9-10,12H2,1H3,(H,24,27). The number of amides is 2. The average Bonchev–Trinajstić information content (AvgIpc) is 3.04. The summed E-state index contributed by atoms with van der Waals surface area (Å²) in [5, 5.41) is 15.3. The first-order chi connectivity index (χ1) is 14.4. The summed E-state index contributed by atoms with van der Waals surface area (Å²) in [5.74, 6) is -1.32. The fraction of sp³-hybridized carbons (Fsp3) is 0.190. The number of β-amino-alcohol motifs (C(OH)–C–C–N with tert-alkyl or cyclic N) is 1. The minimum absolute atomic E-state index is 0.0577. The van der Waals surface area contributed by atoms with Crippen LogP contribution in [0.5, 0.6) is 0 Å². The summed E-state index contributed by atoms with van der Waals surface area (Å²) in [6.45, 7) is -0.0460. The molecular weight excluding hydrogens is 410 g/mol. The monoisotopic (exact) mass is 429 g/mol. The Morgan fingerprint density at radius 1 is 1.17 bits per heavy atom. The summed E-state index contributed by atoms with van der Waals surface area (Å²) in [6.07, 6.45) is 0. The molecule has 0 aromatic heterocycles. The van der Waals surface area contributed by atoms with Gasteiger partial charge in [0, 0.05) is 28.5 Å². The van der Waals surface area contributed by atoms with Gasteiger partial charge >= 0.3 is 5.97 Å². The highest BCUT2D eigenvalue weighted by atomic mass is 35.5. The molecule has 156 valence electrons. The van der Waals surface area contributed by atoms with Crippen molar-refractivity contribution in [1.29, 1.82) is 0 Å². The van der Waals surface area contributed by atoms with E-state index in [1.165, 1.54) is 12.0 Å². The van der Waals surface area contributed by atoms with Gasteiger partial charge < -0.3 is 25.4 Å². The number of rotatable bonds is 7. The van der Waals surface area contributed by atoms with Crippen LogP contribution < -0.4 is 10.6 Å². The molecule has 2 aromatic rings. The molecule has 3 rings (SSSR count). The first-order valence-electron chi connectivity index (χ1n) is 9.08. The molecular formula is C21H20ClN3O5. The smallest absolute Gasteiger partial charge is 0.337 e. The van der Waals surface area contributed by atoms with Crippen molar-refractivity contribution in [3.8, 4) is 0 Å². The zero-order valence-corrected chi connectivity index (χ0v) is 16.9. The quantitative estimate of drug-likeness (QED) is 0.583.